The Morgan fingerprint density at radius 1 is 1.22 bits per heavy atom. The lowest BCUT2D eigenvalue weighted by molar-refractivity contribution is 0.707. The van der Waals surface area contributed by atoms with Crippen molar-refractivity contribution >= 4 is 11.8 Å². The predicted octanol–water partition coefficient (Wildman–Crippen LogP) is 3.48. The molecule has 0 aliphatic carbocycles. The van der Waals surface area contributed by atoms with Crippen LogP contribution in [0.25, 0.3) is 0 Å². The Labute approximate surface area is 63.4 Å². The molecule has 0 heterocycles. The molecule has 0 aliphatic heterocycles. The van der Waals surface area contributed by atoms with Crippen LogP contribution in [0.4, 0.5) is 0 Å². The Morgan fingerprint density at radius 3 is 2.56 bits per heavy atom. The van der Waals surface area contributed by atoms with Crippen molar-refractivity contribution in [2.24, 2.45) is 0 Å². The summed E-state index contributed by atoms with van der Waals surface area (Å²) in [5.74, 6) is 3.49. The molecule has 0 aromatic carbocycles. The zero-order valence-corrected chi connectivity index (χ0v) is 7.34. The summed E-state index contributed by atoms with van der Waals surface area (Å²) in [6.45, 7) is 4.35. The second-order valence-corrected chi connectivity index (χ2v) is 3.38. The highest BCUT2D eigenvalue weighted by Crippen LogP contribution is 2.08. The lowest BCUT2D eigenvalue weighted by Gasteiger charge is -1.95. The largest absolute Gasteiger partial charge is 0.158 e. The van der Waals surface area contributed by atoms with E-state index in [1.165, 1.54) is 31.4 Å². The van der Waals surface area contributed by atoms with Crippen molar-refractivity contribution in [3.8, 4) is 0 Å². The molecule has 0 bridgehead atoms. The molecule has 0 amide bonds. The van der Waals surface area contributed by atoms with Crippen molar-refractivity contribution in [3.05, 3.63) is 5.75 Å². The maximum atomic E-state index is 2.25. The second-order valence-electron chi connectivity index (χ2n) is 2.17. The van der Waals surface area contributed by atoms with Crippen molar-refractivity contribution in [1.29, 1.82) is 0 Å². The number of unbranched alkanes of at least 4 members (excludes halogenated alkanes) is 3. The van der Waals surface area contributed by atoms with Crippen LogP contribution in [0.15, 0.2) is 0 Å². The Kier molecular flexibility index (Phi) is 8.67. The first kappa shape index (κ1) is 9.35. The van der Waals surface area contributed by atoms with Gasteiger partial charge >= 0.3 is 0 Å². The summed E-state index contributed by atoms with van der Waals surface area (Å²) in [6.07, 6.45) is 5.56. The molecule has 0 nitrogen and oxygen atoms in total. The van der Waals surface area contributed by atoms with Gasteiger partial charge in [0.1, 0.15) is 0 Å². The van der Waals surface area contributed by atoms with Gasteiger partial charge in [0, 0.05) is 5.75 Å². The summed E-state index contributed by atoms with van der Waals surface area (Å²) < 4.78 is 0. The highest BCUT2D eigenvalue weighted by molar-refractivity contribution is 8.01. The van der Waals surface area contributed by atoms with Crippen molar-refractivity contribution in [1.82, 2.24) is 0 Å². The molecule has 1 radical (unpaired) electrons. The second kappa shape index (κ2) is 8.35. The van der Waals surface area contributed by atoms with Gasteiger partial charge < -0.3 is 0 Å². The first-order valence-corrected chi connectivity index (χ1v) is 4.86. The number of hydrogen-bond acceptors (Lipinski definition) is 1. The van der Waals surface area contributed by atoms with Gasteiger partial charge in [-0.25, -0.2) is 0 Å². The van der Waals surface area contributed by atoms with E-state index in [0.29, 0.717) is 0 Å². The average Bonchev–Trinajstić information content (AvgIpc) is 1.89. The van der Waals surface area contributed by atoms with Crippen molar-refractivity contribution in [2.45, 2.75) is 39.5 Å². The number of hydrogen-bond donors (Lipinski definition) is 0. The fourth-order valence-electron chi connectivity index (χ4n) is 0.730. The van der Waals surface area contributed by atoms with Crippen LogP contribution in [0.3, 0.4) is 0 Å². The third kappa shape index (κ3) is 8.35. The lowest BCUT2D eigenvalue weighted by atomic mass is 10.2. The van der Waals surface area contributed by atoms with E-state index >= 15 is 0 Å². The van der Waals surface area contributed by atoms with Gasteiger partial charge in [-0.1, -0.05) is 33.1 Å². The summed E-state index contributed by atoms with van der Waals surface area (Å²) in [5.41, 5.74) is 0. The molecule has 0 saturated carbocycles. The predicted molar refractivity (Wildman–Crippen MR) is 46.6 cm³/mol. The Bertz CT molecular complexity index is 37.8. The van der Waals surface area contributed by atoms with Crippen LogP contribution in [0.1, 0.15) is 39.5 Å². The summed E-state index contributed by atoms with van der Waals surface area (Å²) >= 11 is 1.93. The highest BCUT2D eigenvalue weighted by atomic mass is 32.2. The van der Waals surface area contributed by atoms with E-state index in [-0.39, 0.29) is 0 Å². The first-order chi connectivity index (χ1) is 4.41. The van der Waals surface area contributed by atoms with E-state index in [4.69, 9.17) is 0 Å². The minimum atomic E-state index is 1.32. The fourth-order valence-corrected chi connectivity index (χ4v) is 1.34. The van der Waals surface area contributed by atoms with Crippen molar-refractivity contribution in [3.63, 3.8) is 0 Å². The van der Waals surface area contributed by atoms with Gasteiger partial charge in [0.05, 0.1) is 0 Å². The molecular weight excluding hydrogens is 128 g/mol. The highest BCUT2D eigenvalue weighted by Gasteiger charge is 1.86. The van der Waals surface area contributed by atoms with Crippen LogP contribution < -0.4 is 0 Å². The monoisotopic (exact) mass is 145 g/mol. The molecule has 0 N–H and O–H groups in total. The summed E-state index contributed by atoms with van der Waals surface area (Å²) in [6, 6.07) is 0. The molecule has 0 atom stereocenters. The normalized spacial score (nSPS) is 10.0. The van der Waals surface area contributed by atoms with E-state index in [1.54, 1.807) is 0 Å². The van der Waals surface area contributed by atoms with Gasteiger partial charge in [-0.05, 0) is 12.2 Å². The molecule has 0 aromatic rings. The zero-order chi connectivity index (χ0) is 6.95. The van der Waals surface area contributed by atoms with Gasteiger partial charge in [-0.3, -0.25) is 0 Å². The van der Waals surface area contributed by atoms with Crippen LogP contribution in [-0.4, -0.2) is 5.75 Å². The molecule has 0 unspecified atom stereocenters. The van der Waals surface area contributed by atoms with E-state index in [1.807, 2.05) is 11.8 Å². The Balaban J connectivity index is 2.60. The summed E-state index contributed by atoms with van der Waals surface area (Å²) in [5, 5.41) is 0. The van der Waals surface area contributed by atoms with Crippen LogP contribution >= 0.6 is 11.8 Å². The van der Waals surface area contributed by atoms with Gasteiger partial charge in [0.15, 0.2) is 0 Å². The fraction of sp³-hybridized carbons (Fsp3) is 0.875. The topological polar surface area (TPSA) is 0 Å². The molecule has 55 valence electrons. The smallest absolute Gasteiger partial charge is 0.0135 e. The number of rotatable bonds is 6. The van der Waals surface area contributed by atoms with Crippen LogP contribution in [-0.2, 0) is 0 Å². The van der Waals surface area contributed by atoms with E-state index < -0.39 is 0 Å². The minimum Gasteiger partial charge on any atom is -0.158 e. The third-order valence-corrected chi connectivity index (χ3v) is 2.14. The van der Waals surface area contributed by atoms with Crippen molar-refractivity contribution in [2.75, 3.05) is 5.75 Å². The Morgan fingerprint density at radius 2 is 2.00 bits per heavy atom. The number of thioether (sulfide) groups is 1. The average molecular weight is 145 g/mol. The van der Waals surface area contributed by atoms with Crippen LogP contribution in [0, 0.1) is 5.75 Å². The van der Waals surface area contributed by atoms with E-state index in [0.717, 1.165) is 0 Å². The third-order valence-electron chi connectivity index (χ3n) is 1.28. The quantitative estimate of drug-likeness (QED) is 0.516. The molecule has 1 heteroatoms. The van der Waals surface area contributed by atoms with Gasteiger partial charge in [0.25, 0.3) is 0 Å². The van der Waals surface area contributed by atoms with Gasteiger partial charge in [-0.15, -0.1) is 0 Å². The van der Waals surface area contributed by atoms with Crippen LogP contribution in [0.2, 0.25) is 0 Å². The maximum absolute atomic E-state index is 2.25. The zero-order valence-electron chi connectivity index (χ0n) is 6.52. The summed E-state index contributed by atoms with van der Waals surface area (Å²) in [4.78, 5) is 0. The van der Waals surface area contributed by atoms with E-state index in [2.05, 4.69) is 19.6 Å². The SMILES string of the molecule is C[CH]SCCCCCC. The molecule has 0 spiro atoms. The molecule has 0 aliphatic rings. The van der Waals surface area contributed by atoms with Crippen LogP contribution in [0.5, 0.6) is 0 Å². The molecule has 0 saturated heterocycles. The Hall–Kier alpha value is 0.350. The van der Waals surface area contributed by atoms with Gasteiger partial charge in [0.2, 0.25) is 0 Å². The standard InChI is InChI=1S/C8H17S/c1-3-5-6-7-8-9-4-2/h4H,3,5-8H2,1-2H3. The first-order valence-electron chi connectivity index (χ1n) is 3.81. The molecule has 0 aromatic heterocycles. The van der Waals surface area contributed by atoms with Crippen molar-refractivity contribution < 1.29 is 0 Å². The van der Waals surface area contributed by atoms with Gasteiger partial charge in [-0.2, -0.15) is 11.8 Å². The summed E-state index contributed by atoms with van der Waals surface area (Å²) in [7, 11) is 0. The molecule has 0 fully saturated rings. The minimum absolute atomic E-state index is 1.32. The van der Waals surface area contributed by atoms with E-state index in [9.17, 15) is 0 Å². The molecular formula is C8H17S. The molecule has 9 heavy (non-hydrogen) atoms. The maximum Gasteiger partial charge on any atom is 0.0135 e. The molecule has 0 rings (SSSR count). The lowest BCUT2D eigenvalue weighted by Crippen LogP contribution is -1.78.